The van der Waals surface area contributed by atoms with E-state index in [0.29, 0.717) is 6.61 Å². The van der Waals surface area contributed by atoms with Crippen molar-refractivity contribution in [1.29, 1.82) is 0 Å². The number of aliphatic hydroxyl groups excluding tert-OH is 2. The van der Waals surface area contributed by atoms with Crippen LogP contribution in [0, 0.1) is 0 Å². The Labute approximate surface area is 115 Å². The van der Waals surface area contributed by atoms with Crippen LogP contribution in [0.3, 0.4) is 0 Å². The fourth-order valence-corrected chi connectivity index (χ4v) is 2.13. The molecule has 5 unspecified atom stereocenters. The third-order valence-electron chi connectivity index (χ3n) is 2.66. The van der Waals surface area contributed by atoms with E-state index in [4.69, 9.17) is 26.8 Å². The van der Waals surface area contributed by atoms with Crippen LogP contribution in [0.15, 0.2) is 0 Å². The molecule has 0 radical (unpaired) electrons. The molecule has 2 saturated heterocycles. The number of ether oxygens (including phenoxy) is 3. The standard InChI is InChI=1S/C9H16O5S.Au/c1-9(2)12-3-4-7(14-9)5(10)6(11)8(15)13-4;/h4-8,10-11,15H,3H2,1-2H3;/q;+1/p-1. The van der Waals surface area contributed by atoms with Crippen LogP contribution in [0.4, 0.5) is 0 Å². The first-order valence-electron chi connectivity index (χ1n) is 4.90. The molecule has 0 aromatic heterocycles. The van der Waals surface area contributed by atoms with Crippen LogP contribution in [0.5, 0.6) is 0 Å². The smallest absolute Gasteiger partial charge is 0.759 e. The molecule has 2 N–H and O–H groups in total. The summed E-state index contributed by atoms with van der Waals surface area (Å²) in [4.78, 5) is 0. The molecule has 7 heteroatoms. The minimum atomic E-state index is -1.09. The zero-order valence-electron chi connectivity index (χ0n) is 8.92. The molecule has 0 bridgehead atoms. The molecule has 16 heavy (non-hydrogen) atoms. The maximum Gasteiger partial charge on any atom is 1.00 e. The van der Waals surface area contributed by atoms with E-state index in [2.05, 4.69) is 0 Å². The second kappa shape index (κ2) is 5.26. The molecule has 5 atom stereocenters. The fraction of sp³-hybridized carbons (Fsp3) is 1.00. The molecule has 0 aromatic rings. The van der Waals surface area contributed by atoms with E-state index in [1.165, 1.54) is 0 Å². The normalized spacial score (nSPS) is 46.7. The van der Waals surface area contributed by atoms with E-state index in [1.807, 2.05) is 0 Å². The van der Waals surface area contributed by atoms with Gasteiger partial charge in [-0.25, -0.2) is 0 Å². The van der Waals surface area contributed by atoms with Gasteiger partial charge in [-0.05, 0) is 19.3 Å². The van der Waals surface area contributed by atoms with Crippen molar-refractivity contribution >= 4 is 12.6 Å². The van der Waals surface area contributed by atoms with E-state index in [1.54, 1.807) is 13.8 Å². The first kappa shape index (κ1) is 14.9. The average Bonchev–Trinajstić information content (AvgIpc) is 2.16. The van der Waals surface area contributed by atoms with Gasteiger partial charge in [-0.2, -0.15) is 0 Å². The van der Waals surface area contributed by atoms with Gasteiger partial charge in [-0.15, -0.1) is 0 Å². The number of fused-ring (bicyclic) bond motifs is 1. The van der Waals surface area contributed by atoms with Gasteiger partial charge in [-0.3, -0.25) is 0 Å². The fourth-order valence-electron chi connectivity index (χ4n) is 1.83. The van der Waals surface area contributed by atoms with Gasteiger partial charge in [0.25, 0.3) is 0 Å². The largest absolute Gasteiger partial charge is 1.00 e. The third-order valence-corrected chi connectivity index (χ3v) is 3.05. The Hall–Kier alpha value is 0.890. The number of aliphatic hydroxyl groups is 2. The summed E-state index contributed by atoms with van der Waals surface area (Å²) in [6, 6.07) is 0. The van der Waals surface area contributed by atoms with Gasteiger partial charge in [-0.1, -0.05) is 0 Å². The Bertz CT molecular complexity index is 250. The maximum atomic E-state index is 9.80. The van der Waals surface area contributed by atoms with Gasteiger partial charge in [0.2, 0.25) is 0 Å². The molecule has 0 aliphatic carbocycles. The molecule has 0 amide bonds. The summed E-state index contributed by atoms with van der Waals surface area (Å²) in [6.07, 6.45) is -3.09. The maximum absolute atomic E-state index is 9.80. The van der Waals surface area contributed by atoms with Crippen LogP contribution in [-0.4, -0.2) is 52.5 Å². The van der Waals surface area contributed by atoms with Gasteiger partial charge in [0, 0.05) is 0 Å². The number of hydrogen-bond donors (Lipinski definition) is 2. The number of hydrogen-bond acceptors (Lipinski definition) is 6. The first-order valence-corrected chi connectivity index (χ1v) is 5.37. The predicted octanol–water partition coefficient (Wildman–Crippen LogP) is -0.871. The van der Waals surface area contributed by atoms with E-state index in [-0.39, 0.29) is 22.4 Å². The molecule has 0 aromatic carbocycles. The zero-order chi connectivity index (χ0) is 11.2. The van der Waals surface area contributed by atoms with Crippen LogP contribution >= 0.6 is 0 Å². The second-order valence-electron chi connectivity index (χ2n) is 4.32. The molecular weight excluding hydrogens is 417 g/mol. The van der Waals surface area contributed by atoms with Crippen molar-refractivity contribution in [3.05, 3.63) is 0 Å². The van der Waals surface area contributed by atoms with Crippen molar-refractivity contribution in [2.24, 2.45) is 0 Å². The van der Waals surface area contributed by atoms with Crippen LogP contribution in [0.2, 0.25) is 0 Å². The van der Waals surface area contributed by atoms with Gasteiger partial charge in [0.15, 0.2) is 5.79 Å². The Balaban J connectivity index is 0.00000128. The van der Waals surface area contributed by atoms with E-state index < -0.39 is 35.6 Å². The van der Waals surface area contributed by atoms with Crippen molar-refractivity contribution in [3.8, 4) is 0 Å². The van der Waals surface area contributed by atoms with Gasteiger partial charge in [0.1, 0.15) is 18.3 Å². The minimum Gasteiger partial charge on any atom is -0.759 e. The van der Waals surface area contributed by atoms with Crippen molar-refractivity contribution in [3.63, 3.8) is 0 Å². The van der Waals surface area contributed by atoms with Crippen molar-refractivity contribution in [2.75, 3.05) is 6.61 Å². The summed E-state index contributed by atoms with van der Waals surface area (Å²) in [5.41, 5.74) is -0.810. The monoisotopic (exact) mass is 432 g/mol. The van der Waals surface area contributed by atoms with Crippen molar-refractivity contribution in [1.82, 2.24) is 0 Å². The summed E-state index contributed by atoms with van der Waals surface area (Å²) in [7, 11) is 0. The van der Waals surface area contributed by atoms with Gasteiger partial charge in [0.05, 0.1) is 12.7 Å². The Kier molecular flexibility index (Phi) is 4.91. The molecule has 2 fully saturated rings. The summed E-state index contributed by atoms with van der Waals surface area (Å²) in [5, 5.41) is 19.4. The molecule has 0 spiro atoms. The number of rotatable bonds is 0. The predicted molar refractivity (Wildman–Crippen MR) is 52.9 cm³/mol. The SMILES string of the molecule is CC1(C)OCC2OC([S-])C(O)C(O)C2O1.[Au+]. The molecule has 98 valence electrons. The minimum absolute atomic E-state index is 0. The van der Waals surface area contributed by atoms with Gasteiger partial charge >= 0.3 is 22.4 Å². The molecule has 2 aliphatic heterocycles. The molecule has 0 saturated carbocycles. The first-order chi connectivity index (χ1) is 6.91. The third kappa shape index (κ3) is 2.82. The average molecular weight is 432 g/mol. The van der Waals surface area contributed by atoms with E-state index >= 15 is 0 Å². The molecule has 2 rings (SSSR count). The molecular formula is C9H15AuO5S. The summed E-state index contributed by atoms with van der Waals surface area (Å²) >= 11 is 4.87. The van der Waals surface area contributed by atoms with Gasteiger partial charge < -0.3 is 37.1 Å². The Morgan fingerprint density at radius 2 is 1.88 bits per heavy atom. The molecule has 2 heterocycles. The van der Waals surface area contributed by atoms with Crippen molar-refractivity contribution in [2.45, 2.75) is 49.5 Å². The molecule has 5 nitrogen and oxygen atoms in total. The quantitative estimate of drug-likeness (QED) is 0.384. The van der Waals surface area contributed by atoms with Crippen molar-refractivity contribution < 1.29 is 46.8 Å². The van der Waals surface area contributed by atoms with Crippen LogP contribution in [0.1, 0.15) is 13.8 Å². The molecule has 2 aliphatic rings. The second-order valence-corrected chi connectivity index (χ2v) is 4.78. The Morgan fingerprint density at radius 3 is 2.50 bits per heavy atom. The van der Waals surface area contributed by atoms with E-state index in [9.17, 15) is 10.2 Å². The van der Waals surface area contributed by atoms with Crippen LogP contribution in [0.25, 0.3) is 0 Å². The summed E-state index contributed by atoms with van der Waals surface area (Å²) < 4.78 is 16.2. The summed E-state index contributed by atoms with van der Waals surface area (Å²) in [6.45, 7) is 3.82. The zero-order valence-corrected chi connectivity index (χ0v) is 11.9. The van der Waals surface area contributed by atoms with Crippen LogP contribution in [-0.2, 0) is 49.2 Å². The topological polar surface area (TPSA) is 68.2 Å². The Morgan fingerprint density at radius 1 is 1.25 bits per heavy atom. The van der Waals surface area contributed by atoms with Crippen LogP contribution < -0.4 is 0 Å². The summed E-state index contributed by atoms with van der Waals surface area (Å²) in [5.74, 6) is -0.764. The van der Waals surface area contributed by atoms with E-state index in [0.717, 1.165) is 0 Å².